The van der Waals surface area contributed by atoms with Crippen LogP contribution in [0.3, 0.4) is 0 Å². The molecule has 7 heteroatoms. The number of carbonyl (C=O) groups excluding carboxylic acids is 4. The summed E-state index contributed by atoms with van der Waals surface area (Å²) in [5.74, 6) is -2.63. The number of ether oxygens (including phenoxy) is 2. The second-order valence-corrected chi connectivity index (χ2v) is 5.33. The predicted octanol–water partition coefficient (Wildman–Crippen LogP) is 1.39. The van der Waals surface area contributed by atoms with E-state index < -0.39 is 30.0 Å². The number of aliphatic hydroxyl groups excluding tert-OH is 1. The van der Waals surface area contributed by atoms with E-state index in [-0.39, 0.29) is 33.4 Å². The van der Waals surface area contributed by atoms with Gasteiger partial charge in [-0.15, -0.1) is 0 Å². The van der Waals surface area contributed by atoms with Gasteiger partial charge in [0.15, 0.2) is 5.78 Å². The molecule has 2 aromatic rings. The molecular weight excluding hydrogens is 316 g/mol. The van der Waals surface area contributed by atoms with E-state index in [1.807, 2.05) is 0 Å². The van der Waals surface area contributed by atoms with E-state index in [0.717, 1.165) is 0 Å². The van der Waals surface area contributed by atoms with Gasteiger partial charge in [0.2, 0.25) is 6.29 Å². The van der Waals surface area contributed by atoms with Gasteiger partial charge in [-0.3, -0.25) is 4.79 Å². The number of fused-ring (bicyclic) bond motifs is 2. The summed E-state index contributed by atoms with van der Waals surface area (Å²) in [7, 11) is 0. The minimum Gasteiger partial charge on any atom is -0.428 e. The standard InChI is InChI=1S/C17H8O7/c18-13(7-1-3-9-11(5-7)16(21)23-14(9)19)8-2-4-10-12(6-8)17(22)24-15(10)20/h1-6,16,21H. The van der Waals surface area contributed by atoms with Crippen LogP contribution in [0.2, 0.25) is 0 Å². The molecule has 7 nitrogen and oxygen atoms in total. The maximum atomic E-state index is 12.6. The second-order valence-electron chi connectivity index (χ2n) is 5.33. The van der Waals surface area contributed by atoms with E-state index in [4.69, 9.17) is 0 Å². The Hall–Kier alpha value is -3.32. The zero-order chi connectivity index (χ0) is 17.0. The number of esters is 3. The smallest absolute Gasteiger partial charge is 0.346 e. The van der Waals surface area contributed by atoms with Crippen molar-refractivity contribution in [3.05, 3.63) is 69.8 Å². The number of benzene rings is 2. The summed E-state index contributed by atoms with van der Waals surface area (Å²) >= 11 is 0. The van der Waals surface area contributed by atoms with E-state index in [9.17, 15) is 24.3 Å². The minimum atomic E-state index is -1.41. The van der Waals surface area contributed by atoms with Crippen molar-refractivity contribution in [3.8, 4) is 0 Å². The monoisotopic (exact) mass is 324 g/mol. The number of hydrogen-bond donors (Lipinski definition) is 1. The number of rotatable bonds is 2. The maximum absolute atomic E-state index is 12.6. The topological polar surface area (TPSA) is 107 Å². The molecule has 0 amide bonds. The number of hydrogen-bond acceptors (Lipinski definition) is 7. The molecule has 118 valence electrons. The van der Waals surface area contributed by atoms with Gasteiger partial charge in [-0.2, -0.15) is 0 Å². The van der Waals surface area contributed by atoms with Crippen LogP contribution in [0.25, 0.3) is 0 Å². The summed E-state index contributed by atoms with van der Waals surface area (Å²) in [6.45, 7) is 0. The Morgan fingerprint density at radius 1 is 0.833 bits per heavy atom. The third-order valence-corrected chi connectivity index (χ3v) is 3.93. The zero-order valence-electron chi connectivity index (χ0n) is 11.9. The van der Waals surface area contributed by atoms with Gasteiger partial charge in [0.05, 0.1) is 16.7 Å². The van der Waals surface area contributed by atoms with Gasteiger partial charge in [0.25, 0.3) is 0 Å². The summed E-state index contributed by atoms with van der Waals surface area (Å²) < 4.78 is 9.15. The van der Waals surface area contributed by atoms with Gasteiger partial charge in [-0.05, 0) is 24.3 Å². The lowest BCUT2D eigenvalue weighted by molar-refractivity contribution is -0.0548. The highest BCUT2D eigenvalue weighted by Crippen LogP contribution is 2.30. The largest absolute Gasteiger partial charge is 0.428 e. The molecule has 2 heterocycles. The molecule has 0 spiro atoms. The average molecular weight is 324 g/mol. The molecule has 1 atom stereocenters. The molecule has 2 aromatic carbocycles. The van der Waals surface area contributed by atoms with Crippen LogP contribution in [-0.2, 0) is 9.47 Å². The zero-order valence-corrected chi connectivity index (χ0v) is 11.9. The molecular formula is C17H8O7. The van der Waals surface area contributed by atoms with Crippen LogP contribution in [0.1, 0.15) is 58.8 Å². The Balaban J connectivity index is 1.74. The molecule has 0 aliphatic carbocycles. The van der Waals surface area contributed by atoms with Gasteiger partial charge >= 0.3 is 17.9 Å². The number of aliphatic hydroxyl groups is 1. The predicted molar refractivity (Wildman–Crippen MR) is 76.4 cm³/mol. The number of ketones is 1. The van der Waals surface area contributed by atoms with Crippen LogP contribution in [0.5, 0.6) is 0 Å². The Morgan fingerprint density at radius 3 is 2.21 bits per heavy atom. The SMILES string of the molecule is O=C(c1ccc2c(c1)C(=O)OC2=O)c1ccc2c(c1)C(O)OC2=O. The highest BCUT2D eigenvalue weighted by Gasteiger charge is 2.32. The van der Waals surface area contributed by atoms with Gasteiger partial charge in [-0.25, -0.2) is 14.4 Å². The molecule has 2 aliphatic heterocycles. The van der Waals surface area contributed by atoms with Crippen molar-refractivity contribution in [2.24, 2.45) is 0 Å². The molecule has 0 radical (unpaired) electrons. The van der Waals surface area contributed by atoms with Crippen LogP contribution in [0.15, 0.2) is 36.4 Å². The fourth-order valence-corrected chi connectivity index (χ4v) is 2.72. The van der Waals surface area contributed by atoms with Crippen LogP contribution >= 0.6 is 0 Å². The average Bonchev–Trinajstić information content (AvgIpc) is 3.02. The van der Waals surface area contributed by atoms with Crippen molar-refractivity contribution < 1.29 is 33.8 Å². The van der Waals surface area contributed by atoms with E-state index in [2.05, 4.69) is 9.47 Å². The quantitative estimate of drug-likeness (QED) is 0.505. The fourth-order valence-electron chi connectivity index (χ4n) is 2.72. The summed E-state index contributed by atoms with van der Waals surface area (Å²) in [5.41, 5.74) is 0.943. The fraction of sp³-hybridized carbons (Fsp3) is 0.0588. The van der Waals surface area contributed by atoms with Crippen molar-refractivity contribution >= 4 is 23.7 Å². The first-order valence-corrected chi connectivity index (χ1v) is 6.94. The lowest BCUT2D eigenvalue weighted by Crippen LogP contribution is -2.05. The third kappa shape index (κ3) is 1.95. The van der Waals surface area contributed by atoms with Crippen LogP contribution in [0, 0.1) is 0 Å². The van der Waals surface area contributed by atoms with E-state index >= 15 is 0 Å². The first-order chi connectivity index (χ1) is 11.5. The Kier molecular flexibility index (Phi) is 2.88. The van der Waals surface area contributed by atoms with Crippen molar-refractivity contribution in [1.82, 2.24) is 0 Å². The molecule has 2 aliphatic rings. The van der Waals surface area contributed by atoms with Crippen molar-refractivity contribution in [3.63, 3.8) is 0 Å². The van der Waals surface area contributed by atoms with Crippen molar-refractivity contribution in [1.29, 1.82) is 0 Å². The van der Waals surface area contributed by atoms with Crippen LogP contribution in [-0.4, -0.2) is 28.8 Å². The lowest BCUT2D eigenvalue weighted by Gasteiger charge is -2.05. The molecule has 0 fully saturated rings. The normalized spacial score (nSPS) is 18.0. The molecule has 1 unspecified atom stereocenters. The Bertz CT molecular complexity index is 957. The number of carbonyl (C=O) groups is 4. The van der Waals surface area contributed by atoms with E-state index in [1.165, 1.54) is 36.4 Å². The van der Waals surface area contributed by atoms with Gasteiger partial charge in [0, 0.05) is 16.7 Å². The van der Waals surface area contributed by atoms with Gasteiger partial charge in [0.1, 0.15) is 0 Å². The van der Waals surface area contributed by atoms with Gasteiger partial charge < -0.3 is 14.6 Å². The van der Waals surface area contributed by atoms with Crippen LogP contribution < -0.4 is 0 Å². The van der Waals surface area contributed by atoms with E-state index in [0.29, 0.717) is 0 Å². The first kappa shape index (κ1) is 14.3. The Labute approximate surface area is 134 Å². The molecule has 1 N–H and O–H groups in total. The minimum absolute atomic E-state index is 0.0329. The molecule has 24 heavy (non-hydrogen) atoms. The number of cyclic esters (lactones) is 3. The Morgan fingerprint density at radius 2 is 1.46 bits per heavy atom. The molecule has 0 aromatic heterocycles. The highest BCUT2D eigenvalue weighted by molar-refractivity contribution is 6.17. The molecule has 4 rings (SSSR count). The maximum Gasteiger partial charge on any atom is 0.346 e. The van der Waals surface area contributed by atoms with Crippen LogP contribution in [0.4, 0.5) is 0 Å². The second kappa shape index (κ2) is 4.84. The van der Waals surface area contributed by atoms with E-state index in [1.54, 1.807) is 0 Å². The van der Waals surface area contributed by atoms with Crippen molar-refractivity contribution in [2.75, 3.05) is 0 Å². The summed E-state index contributed by atoms with van der Waals surface area (Å²) in [6, 6.07) is 8.24. The summed E-state index contributed by atoms with van der Waals surface area (Å²) in [6.07, 6.45) is -1.41. The molecule has 0 saturated carbocycles. The molecule has 0 saturated heterocycles. The van der Waals surface area contributed by atoms with Crippen molar-refractivity contribution in [2.45, 2.75) is 6.29 Å². The highest BCUT2D eigenvalue weighted by atomic mass is 16.6. The summed E-state index contributed by atoms with van der Waals surface area (Å²) in [4.78, 5) is 47.0. The summed E-state index contributed by atoms with van der Waals surface area (Å²) in [5, 5.41) is 9.67. The molecule has 0 bridgehead atoms. The third-order valence-electron chi connectivity index (χ3n) is 3.93. The first-order valence-electron chi connectivity index (χ1n) is 6.94. The lowest BCUT2D eigenvalue weighted by atomic mass is 9.96. The van der Waals surface area contributed by atoms with Gasteiger partial charge in [-0.1, -0.05) is 12.1 Å².